The van der Waals surface area contributed by atoms with E-state index in [4.69, 9.17) is 18.0 Å². The van der Waals surface area contributed by atoms with Crippen molar-refractivity contribution in [3.63, 3.8) is 0 Å². The predicted octanol–water partition coefficient (Wildman–Crippen LogP) is 2.92. The highest BCUT2D eigenvalue weighted by Crippen LogP contribution is 2.25. The first-order chi connectivity index (χ1) is 8.68. The molecule has 4 nitrogen and oxygen atoms in total. The van der Waals surface area contributed by atoms with Gasteiger partial charge in [-0.25, -0.2) is 0 Å². The molecule has 0 aliphatic carbocycles. The molecule has 0 aromatic carbocycles. The Kier molecular flexibility index (Phi) is 7.40. The zero-order valence-corrected chi connectivity index (χ0v) is 13.2. The minimum absolute atomic E-state index is 0.0365. The summed E-state index contributed by atoms with van der Waals surface area (Å²) in [5.41, 5.74) is -0.0365. The molecule has 0 N–H and O–H groups in total. The predicted molar refractivity (Wildman–Crippen MR) is 73.4 cm³/mol. The minimum Gasteiger partial charge on any atom is -0.375 e. The standard InChI is InChI=1S/C13H28O4Si/c1-12-10-8-6-5-7-9-11-13(17-12)18(14-2,15-3)16-4/h12-13H,5-11H2,1-4H3. The molecule has 18 heavy (non-hydrogen) atoms. The van der Waals surface area contributed by atoms with E-state index in [9.17, 15) is 0 Å². The summed E-state index contributed by atoms with van der Waals surface area (Å²) >= 11 is 0. The number of hydrogen-bond donors (Lipinski definition) is 0. The molecule has 1 fully saturated rings. The molecule has 2 atom stereocenters. The summed E-state index contributed by atoms with van der Waals surface area (Å²) in [7, 11) is 2.30. The van der Waals surface area contributed by atoms with Crippen LogP contribution in [0.4, 0.5) is 0 Å². The lowest BCUT2D eigenvalue weighted by molar-refractivity contribution is -0.0300. The van der Waals surface area contributed by atoms with Crippen LogP contribution in [-0.4, -0.2) is 42.0 Å². The second-order valence-corrected chi connectivity index (χ2v) is 8.07. The Labute approximate surface area is 112 Å². The van der Waals surface area contributed by atoms with Gasteiger partial charge in [0.2, 0.25) is 0 Å². The van der Waals surface area contributed by atoms with Gasteiger partial charge in [0.1, 0.15) is 5.73 Å². The van der Waals surface area contributed by atoms with E-state index in [0.29, 0.717) is 0 Å². The van der Waals surface area contributed by atoms with Crippen molar-refractivity contribution in [1.29, 1.82) is 0 Å². The van der Waals surface area contributed by atoms with Gasteiger partial charge in [-0.1, -0.05) is 32.1 Å². The SMILES string of the molecule is CO[Si](OC)(OC)C1CCCCCCCC(C)O1. The Bertz CT molecular complexity index is 213. The molecule has 2 unspecified atom stereocenters. The summed E-state index contributed by atoms with van der Waals surface area (Å²) in [4.78, 5) is 0. The smallest absolute Gasteiger partial charge is 0.375 e. The molecule has 0 spiro atoms. The van der Waals surface area contributed by atoms with E-state index in [-0.39, 0.29) is 11.8 Å². The molecular formula is C13H28O4Si. The molecule has 0 aromatic rings. The molecule has 1 aliphatic heterocycles. The second-order valence-electron chi connectivity index (χ2n) is 5.00. The summed E-state index contributed by atoms with van der Waals surface area (Å²) in [6.45, 7) is 2.13. The van der Waals surface area contributed by atoms with Crippen molar-refractivity contribution in [2.24, 2.45) is 0 Å². The maximum Gasteiger partial charge on any atom is 0.530 e. The molecule has 5 heteroatoms. The van der Waals surface area contributed by atoms with Crippen LogP contribution in [-0.2, 0) is 18.0 Å². The fraction of sp³-hybridized carbons (Fsp3) is 1.00. The Morgan fingerprint density at radius 3 is 1.89 bits per heavy atom. The number of hydrogen-bond acceptors (Lipinski definition) is 4. The fourth-order valence-electron chi connectivity index (χ4n) is 2.61. The first-order valence-corrected chi connectivity index (χ1v) is 8.79. The van der Waals surface area contributed by atoms with Crippen LogP contribution >= 0.6 is 0 Å². The van der Waals surface area contributed by atoms with Crippen molar-refractivity contribution >= 4 is 8.80 Å². The quantitative estimate of drug-likeness (QED) is 0.740. The lowest BCUT2D eigenvalue weighted by atomic mass is 10.1. The zero-order chi connectivity index (χ0) is 13.4. The van der Waals surface area contributed by atoms with E-state index in [0.717, 1.165) is 19.3 Å². The van der Waals surface area contributed by atoms with Crippen molar-refractivity contribution in [1.82, 2.24) is 0 Å². The Hall–Kier alpha value is 0.0569. The van der Waals surface area contributed by atoms with Gasteiger partial charge in [0.15, 0.2) is 0 Å². The van der Waals surface area contributed by atoms with E-state index in [1.54, 1.807) is 21.3 Å². The third-order valence-electron chi connectivity index (χ3n) is 3.72. The van der Waals surface area contributed by atoms with Gasteiger partial charge in [-0.2, -0.15) is 0 Å². The van der Waals surface area contributed by atoms with Gasteiger partial charge >= 0.3 is 8.80 Å². The molecule has 0 bridgehead atoms. The molecule has 1 rings (SSSR count). The fourth-order valence-corrected chi connectivity index (χ4v) is 4.86. The molecule has 1 saturated heterocycles. The van der Waals surface area contributed by atoms with Crippen LogP contribution in [0.25, 0.3) is 0 Å². The average molecular weight is 276 g/mol. The Morgan fingerprint density at radius 1 is 0.833 bits per heavy atom. The Balaban J connectivity index is 2.72. The topological polar surface area (TPSA) is 36.9 Å². The zero-order valence-electron chi connectivity index (χ0n) is 12.2. The molecule has 0 amide bonds. The van der Waals surface area contributed by atoms with Crippen molar-refractivity contribution < 1.29 is 18.0 Å². The normalized spacial score (nSPS) is 28.0. The first-order valence-electron chi connectivity index (χ1n) is 6.99. The van der Waals surface area contributed by atoms with Gasteiger partial charge in [-0.3, -0.25) is 0 Å². The van der Waals surface area contributed by atoms with E-state index in [2.05, 4.69) is 6.92 Å². The van der Waals surface area contributed by atoms with Crippen molar-refractivity contribution in [3.05, 3.63) is 0 Å². The molecule has 0 saturated carbocycles. The van der Waals surface area contributed by atoms with E-state index >= 15 is 0 Å². The van der Waals surface area contributed by atoms with Crippen molar-refractivity contribution in [2.45, 2.75) is 63.7 Å². The summed E-state index contributed by atoms with van der Waals surface area (Å²) < 4.78 is 22.8. The maximum atomic E-state index is 6.15. The van der Waals surface area contributed by atoms with Crippen LogP contribution in [0.5, 0.6) is 0 Å². The lowest BCUT2D eigenvalue weighted by Crippen LogP contribution is -2.56. The van der Waals surface area contributed by atoms with Crippen molar-refractivity contribution in [2.75, 3.05) is 21.3 Å². The minimum atomic E-state index is -2.67. The summed E-state index contributed by atoms with van der Waals surface area (Å²) in [5, 5.41) is 0. The van der Waals surface area contributed by atoms with Gasteiger partial charge < -0.3 is 18.0 Å². The van der Waals surface area contributed by atoms with E-state index in [1.807, 2.05) is 0 Å². The second kappa shape index (κ2) is 8.27. The maximum absolute atomic E-state index is 6.15. The highest BCUT2D eigenvalue weighted by atomic mass is 28.4. The number of rotatable bonds is 4. The monoisotopic (exact) mass is 276 g/mol. The van der Waals surface area contributed by atoms with E-state index in [1.165, 1.54) is 25.7 Å². The third-order valence-corrected chi connectivity index (χ3v) is 6.64. The summed E-state index contributed by atoms with van der Waals surface area (Å²) in [6, 6.07) is 0. The van der Waals surface area contributed by atoms with Crippen LogP contribution in [0.1, 0.15) is 51.9 Å². The summed E-state index contributed by atoms with van der Waals surface area (Å²) in [6.07, 6.45) is 8.62. The average Bonchev–Trinajstić information content (AvgIpc) is 2.40. The van der Waals surface area contributed by atoms with Crippen molar-refractivity contribution in [3.8, 4) is 0 Å². The van der Waals surface area contributed by atoms with Gasteiger partial charge in [-0.15, -0.1) is 0 Å². The molecule has 1 aliphatic rings. The van der Waals surface area contributed by atoms with Gasteiger partial charge in [0.05, 0.1) is 6.10 Å². The Morgan fingerprint density at radius 2 is 1.33 bits per heavy atom. The van der Waals surface area contributed by atoms with Crippen LogP contribution in [0, 0.1) is 0 Å². The molecule has 1 heterocycles. The van der Waals surface area contributed by atoms with Crippen LogP contribution < -0.4 is 0 Å². The number of ether oxygens (including phenoxy) is 1. The molecule has 0 radical (unpaired) electrons. The first kappa shape index (κ1) is 16.1. The van der Waals surface area contributed by atoms with Gasteiger partial charge in [-0.05, 0) is 19.8 Å². The van der Waals surface area contributed by atoms with Gasteiger partial charge in [0.25, 0.3) is 0 Å². The van der Waals surface area contributed by atoms with Gasteiger partial charge in [0, 0.05) is 21.3 Å². The summed E-state index contributed by atoms with van der Waals surface area (Å²) in [5.74, 6) is 0. The lowest BCUT2D eigenvalue weighted by Gasteiger charge is -2.34. The van der Waals surface area contributed by atoms with Crippen LogP contribution in [0.2, 0.25) is 0 Å². The largest absolute Gasteiger partial charge is 0.530 e. The molecule has 0 aromatic heterocycles. The molecule has 108 valence electrons. The van der Waals surface area contributed by atoms with Crippen LogP contribution in [0.15, 0.2) is 0 Å². The highest BCUT2D eigenvalue weighted by molar-refractivity contribution is 6.62. The highest BCUT2D eigenvalue weighted by Gasteiger charge is 2.48. The third kappa shape index (κ3) is 4.31. The van der Waals surface area contributed by atoms with Crippen LogP contribution in [0.3, 0.4) is 0 Å². The molecular weight excluding hydrogens is 248 g/mol. The van der Waals surface area contributed by atoms with E-state index < -0.39 is 8.80 Å².